The lowest BCUT2D eigenvalue weighted by Gasteiger charge is -2.33. The van der Waals surface area contributed by atoms with E-state index in [0.717, 1.165) is 5.69 Å². The second-order valence-electron chi connectivity index (χ2n) is 7.08. The van der Waals surface area contributed by atoms with E-state index in [1.807, 2.05) is 24.3 Å². The molecule has 3 rings (SSSR count). The van der Waals surface area contributed by atoms with Gasteiger partial charge in [-0.25, -0.2) is 0 Å². The number of amides is 2. The molecule has 0 radical (unpaired) electrons. The summed E-state index contributed by atoms with van der Waals surface area (Å²) in [5.41, 5.74) is 7.00. The Morgan fingerprint density at radius 2 is 2.00 bits per heavy atom. The number of nitro groups is 1. The number of aryl methyl sites for hydroxylation is 2. The van der Waals surface area contributed by atoms with Gasteiger partial charge in [0.05, 0.1) is 11.4 Å². The lowest BCUT2D eigenvalue weighted by molar-refractivity contribution is -0.389. The van der Waals surface area contributed by atoms with E-state index in [9.17, 15) is 19.7 Å². The highest BCUT2D eigenvalue weighted by Gasteiger charge is 2.24. The van der Waals surface area contributed by atoms with Gasteiger partial charge in [0.15, 0.2) is 0 Å². The van der Waals surface area contributed by atoms with Crippen molar-refractivity contribution in [1.82, 2.24) is 9.55 Å². The van der Waals surface area contributed by atoms with Crippen molar-refractivity contribution in [3.63, 3.8) is 0 Å². The van der Waals surface area contributed by atoms with Gasteiger partial charge in [0.2, 0.25) is 17.6 Å². The van der Waals surface area contributed by atoms with E-state index >= 15 is 0 Å². The Hall–Kier alpha value is -3.43. The predicted octanol–water partition coefficient (Wildman–Crippen LogP) is 1.83. The Balaban J connectivity index is 1.61. The first-order valence-corrected chi connectivity index (χ1v) is 9.46. The number of para-hydroxylation sites is 2. The van der Waals surface area contributed by atoms with Gasteiger partial charge in [-0.15, -0.1) is 0 Å². The minimum Gasteiger partial charge on any atom is -0.370 e. The van der Waals surface area contributed by atoms with Crippen molar-refractivity contribution < 1.29 is 14.5 Å². The molecule has 2 heterocycles. The quantitative estimate of drug-likeness (QED) is 0.537. The zero-order valence-electron chi connectivity index (χ0n) is 16.2. The van der Waals surface area contributed by atoms with Crippen LogP contribution in [0, 0.1) is 23.0 Å². The first kappa shape index (κ1) is 20.3. The van der Waals surface area contributed by atoms with Crippen molar-refractivity contribution in [2.45, 2.75) is 32.7 Å². The zero-order valence-corrected chi connectivity index (χ0v) is 16.2. The van der Waals surface area contributed by atoms with Gasteiger partial charge in [-0.2, -0.15) is 0 Å². The second kappa shape index (κ2) is 8.72. The summed E-state index contributed by atoms with van der Waals surface area (Å²) in [6.45, 7) is 3.34. The molecule has 0 atom stereocenters. The van der Waals surface area contributed by atoms with Gasteiger partial charge in [0, 0.05) is 38.9 Å². The monoisotopic (exact) mass is 400 g/mol. The van der Waals surface area contributed by atoms with Crippen molar-refractivity contribution in [1.29, 1.82) is 0 Å². The first-order valence-electron chi connectivity index (χ1n) is 9.46. The number of hydrogen-bond donors (Lipinski definition) is 2. The topological polar surface area (TPSA) is 136 Å². The molecular weight excluding hydrogens is 376 g/mol. The summed E-state index contributed by atoms with van der Waals surface area (Å²) in [4.78, 5) is 40.1. The largest absolute Gasteiger partial charge is 0.381 e. The molecule has 10 heteroatoms. The molecular formula is C19H24N6O4. The molecule has 0 spiro atoms. The number of imidazole rings is 1. The fraction of sp³-hybridized carbons (Fsp3) is 0.421. The minimum absolute atomic E-state index is 0.101. The van der Waals surface area contributed by atoms with Crippen LogP contribution in [0.1, 0.15) is 25.1 Å². The fourth-order valence-electron chi connectivity index (χ4n) is 3.50. The highest BCUT2D eigenvalue weighted by atomic mass is 16.6. The van der Waals surface area contributed by atoms with E-state index in [1.165, 1.54) is 6.20 Å². The summed E-state index contributed by atoms with van der Waals surface area (Å²) in [5, 5.41) is 13.7. The number of rotatable bonds is 7. The van der Waals surface area contributed by atoms with Crippen LogP contribution < -0.4 is 16.0 Å². The summed E-state index contributed by atoms with van der Waals surface area (Å²) in [5.74, 6) is -0.299. The highest BCUT2D eigenvalue weighted by Crippen LogP contribution is 2.30. The molecule has 154 valence electrons. The number of nitrogens with one attached hydrogen (secondary N) is 1. The highest BCUT2D eigenvalue weighted by molar-refractivity contribution is 5.94. The zero-order chi connectivity index (χ0) is 21.0. The first-order chi connectivity index (χ1) is 13.8. The molecule has 1 fully saturated rings. The van der Waals surface area contributed by atoms with Gasteiger partial charge >= 0.3 is 5.82 Å². The molecule has 1 saturated heterocycles. The van der Waals surface area contributed by atoms with Crippen molar-refractivity contribution >= 4 is 29.0 Å². The van der Waals surface area contributed by atoms with E-state index in [4.69, 9.17) is 5.73 Å². The smallest absolute Gasteiger partial charge is 0.370 e. The number of nitrogens with two attached hydrogens (primary N) is 1. The number of aromatic nitrogens is 2. The standard InChI is InChI=1S/C19H24N6O4/c1-13-21-17(25(28)29)12-24(13)11-8-18(26)22-15-4-2-3-5-16(15)23-9-6-14(7-10-23)19(20)27/h2-5,12,14H,6-11H2,1H3,(H2,20,27)(H,22,26). The molecule has 2 amide bonds. The Bertz CT molecular complexity index is 917. The fourth-order valence-corrected chi connectivity index (χ4v) is 3.50. The van der Waals surface area contributed by atoms with Gasteiger partial charge in [-0.1, -0.05) is 12.1 Å². The van der Waals surface area contributed by atoms with Crippen LogP contribution in [-0.4, -0.2) is 39.4 Å². The Morgan fingerprint density at radius 3 is 2.62 bits per heavy atom. The van der Waals surface area contributed by atoms with Gasteiger partial charge in [-0.3, -0.25) is 9.59 Å². The Labute approximate surface area is 167 Å². The second-order valence-corrected chi connectivity index (χ2v) is 7.08. The van der Waals surface area contributed by atoms with Gasteiger partial charge < -0.3 is 30.6 Å². The summed E-state index contributed by atoms with van der Waals surface area (Å²) in [6.07, 6.45) is 2.87. The lowest BCUT2D eigenvalue weighted by atomic mass is 9.96. The molecule has 29 heavy (non-hydrogen) atoms. The average molecular weight is 400 g/mol. The SMILES string of the molecule is Cc1nc([N+](=O)[O-])cn1CCC(=O)Nc1ccccc1N1CCC(C(N)=O)CC1. The predicted molar refractivity (Wildman–Crippen MR) is 107 cm³/mol. The number of anilines is 2. The van der Waals surface area contributed by atoms with E-state index in [2.05, 4.69) is 15.2 Å². The molecule has 1 aliphatic heterocycles. The number of benzene rings is 1. The average Bonchev–Trinajstić information content (AvgIpc) is 3.08. The van der Waals surface area contributed by atoms with E-state index in [-0.39, 0.29) is 30.0 Å². The maximum Gasteiger partial charge on any atom is 0.381 e. The summed E-state index contributed by atoms with van der Waals surface area (Å²) in [7, 11) is 0. The molecule has 0 bridgehead atoms. The van der Waals surface area contributed by atoms with Crippen LogP contribution >= 0.6 is 0 Å². The number of nitrogens with zero attached hydrogens (tertiary/aromatic N) is 4. The number of carbonyl (C=O) groups is 2. The number of piperidine rings is 1. The van der Waals surface area contributed by atoms with Crippen LogP contribution in [0.5, 0.6) is 0 Å². The third kappa shape index (κ3) is 4.89. The van der Waals surface area contributed by atoms with Gasteiger partial charge in [0.1, 0.15) is 6.20 Å². The van der Waals surface area contributed by atoms with Crippen molar-refractivity contribution in [2.24, 2.45) is 11.7 Å². The number of hydrogen-bond acceptors (Lipinski definition) is 6. The van der Waals surface area contributed by atoms with Gasteiger partial charge in [-0.05, 0) is 34.9 Å². The van der Waals surface area contributed by atoms with E-state index in [0.29, 0.717) is 44.0 Å². The normalized spacial score (nSPS) is 14.6. The molecule has 3 N–H and O–H groups in total. The minimum atomic E-state index is -0.554. The van der Waals surface area contributed by atoms with Gasteiger partial charge in [0.25, 0.3) is 0 Å². The van der Waals surface area contributed by atoms with E-state index < -0.39 is 4.92 Å². The summed E-state index contributed by atoms with van der Waals surface area (Å²) in [6, 6.07) is 7.52. The van der Waals surface area contributed by atoms with Crippen LogP contribution in [-0.2, 0) is 16.1 Å². The third-order valence-electron chi connectivity index (χ3n) is 5.15. The molecule has 10 nitrogen and oxygen atoms in total. The van der Waals surface area contributed by atoms with E-state index in [1.54, 1.807) is 11.5 Å². The molecule has 0 unspecified atom stereocenters. The Kier molecular flexibility index (Phi) is 6.10. The molecule has 0 saturated carbocycles. The lowest BCUT2D eigenvalue weighted by Crippen LogP contribution is -2.38. The Morgan fingerprint density at radius 1 is 1.31 bits per heavy atom. The maximum atomic E-state index is 12.5. The molecule has 1 aromatic carbocycles. The van der Waals surface area contributed by atoms with Crippen molar-refractivity contribution in [3.8, 4) is 0 Å². The van der Waals surface area contributed by atoms with Crippen LogP contribution in [0.3, 0.4) is 0 Å². The van der Waals surface area contributed by atoms with Crippen LogP contribution in [0.25, 0.3) is 0 Å². The molecule has 1 aliphatic rings. The van der Waals surface area contributed by atoms with Crippen LogP contribution in [0.2, 0.25) is 0 Å². The third-order valence-corrected chi connectivity index (χ3v) is 5.15. The number of carbonyl (C=O) groups excluding carboxylic acids is 2. The van der Waals surface area contributed by atoms with Crippen LogP contribution in [0.15, 0.2) is 30.5 Å². The number of primary amides is 1. The molecule has 2 aromatic rings. The van der Waals surface area contributed by atoms with Crippen LogP contribution in [0.4, 0.5) is 17.2 Å². The van der Waals surface area contributed by atoms with Crippen molar-refractivity contribution in [3.05, 3.63) is 46.4 Å². The summed E-state index contributed by atoms with van der Waals surface area (Å²) >= 11 is 0. The molecule has 0 aliphatic carbocycles. The van der Waals surface area contributed by atoms with Crippen molar-refractivity contribution in [2.75, 3.05) is 23.3 Å². The molecule has 1 aromatic heterocycles. The summed E-state index contributed by atoms with van der Waals surface area (Å²) < 4.78 is 1.60. The maximum absolute atomic E-state index is 12.5.